The molecular weight excluding hydrogens is 368 g/mol. The van der Waals surface area contributed by atoms with Crippen molar-refractivity contribution in [2.75, 3.05) is 32.9 Å². The van der Waals surface area contributed by atoms with Gasteiger partial charge >= 0.3 is 0 Å². The van der Waals surface area contributed by atoms with Crippen LogP contribution >= 0.6 is 0 Å². The molecular formula is C19H28N2O5S. The molecule has 2 aliphatic rings. The van der Waals surface area contributed by atoms with E-state index in [9.17, 15) is 13.2 Å². The molecule has 0 unspecified atom stereocenters. The zero-order valence-electron chi connectivity index (χ0n) is 15.6. The highest BCUT2D eigenvalue weighted by Gasteiger charge is 2.26. The van der Waals surface area contributed by atoms with E-state index >= 15 is 0 Å². The van der Waals surface area contributed by atoms with Gasteiger partial charge in [-0.05, 0) is 30.5 Å². The molecule has 1 aliphatic heterocycles. The SMILES string of the molecule is O=C(COC1CCCCC1)NCc1ccc(S(=O)(=O)N2CCOCC2)cc1. The Kier molecular flexibility index (Phi) is 7.23. The number of sulfonamides is 1. The van der Waals surface area contributed by atoms with E-state index < -0.39 is 10.0 Å². The van der Waals surface area contributed by atoms with Crippen molar-refractivity contribution in [3.8, 4) is 0 Å². The highest BCUT2D eigenvalue weighted by atomic mass is 32.2. The molecule has 1 saturated heterocycles. The minimum absolute atomic E-state index is 0.0775. The fourth-order valence-electron chi connectivity index (χ4n) is 3.39. The molecule has 1 heterocycles. The van der Waals surface area contributed by atoms with Crippen molar-refractivity contribution in [3.63, 3.8) is 0 Å². The Labute approximate surface area is 161 Å². The van der Waals surface area contributed by atoms with Gasteiger partial charge < -0.3 is 14.8 Å². The van der Waals surface area contributed by atoms with Crippen LogP contribution < -0.4 is 5.32 Å². The lowest BCUT2D eigenvalue weighted by Gasteiger charge is -2.26. The molecule has 1 aromatic carbocycles. The normalized spacial score (nSPS) is 19.7. The maximum Gasteiger partial charge on any atom is 0.246 e. The van der Waals surface area contributed by atoms with Crippen molar-refractivity contribution in [1.29, 1.82) is 0 Å². The van der Waals surface area contributed by atoms with Crippen molar-refractivity contribution >= 4 is 15.9 Å². The summed E-state index contributed by atoms with van der Waals surface area (Å²) in [7, 11) is -3.49. The van der Waals surface area contributed by atoms with Crippen molar-refractivity contribution in [1.82, 2.24) is 9.62 Å². The molecule has 0 bridgehead atoms. The number of carbonyl (C=O) groups is 1. The molecule has 1 aliphatic carbocycles. The third-order valence-corrected chi connectivity index (χ3v) is 6.94. The van der Waals surface area contributed by atoms with Gasteiger partial charge in [-0.1, -0.05) is 31.4 Å². The number of benzene rings is 1. The maximum atomic E-state index is 12.6. The average Bonchev–Trinajstić information content (AvgIpc) is 2.72. The monoisotopic (exact) mass is 396 g/mol. The molecule has 1 aromatic rings. The van der Waals surface area contributed by atoms with Crippen LogP contribution in [0.3, 0.4) is 0 Å². The first kappa shape index (κ1) is 20.3. The lowest BCUT2D eigenvalue weighted by Crippen LogP contribution is -2.40. The summed E-state index contributed by atoms with van der Waals surface area (Å²) in [4.78, 5) is 12.2. The van der Waals surface area contributed by atoms with E-state index in [1.165, 1.54) is 23.6 Å². The Hall–Kier alpha value is -1.48. The molecule has 1 saturated carbocycles. The van der Waals surface area contributed by atoms with E-state index in [1.807, 2.05) is 0 Å². The highest BCUT2D eigenvalue weighted by molar-refractivity contribution is 7.89. The molecule has 3 rings (SSSR count). The van der Waals surface area contributed by atoms with E-state index in [4.69, 9.17) is 9.47 Å². The molecule has 150 valence electrons. The lowest BCUT2D eigenvalue weighted by molar-refractivity contribution is -0.128. The first-order chi connectivity index (χ1) is 13.1. The largest absolute Gasteiger partial charge is 0.379 e. The number of amides is 1. The Bertz CT molecular complexity index is 708. The van der Waals surface area contributed by atoms with Crippen LogP contribution in [0.4, 0.5) is 0 Å². The van der Waals surface area contributed by atoms with Crippen LogP contribution in [0, 0.1) is 0 Å². The van der Waals surface area contributed by atoms with Gasteiger partial charge in [0.2, 0.25) is 15.9 Å². The van der Waals surface area contributed by atoms with Crippen LogP contribution in [0.5, 0.6) is 0 Å². The molecule has 1 amide bonds. The number of rotatable bonds is 7. The van der Waals surface area contributed by atoms with Crippen molar-refractivity contribution in [2.45, 2.75) is 49.6 Å². The number of morpholine rings is 1. The second kappa shape index (κ2) is 9.64. The minimum atomic E-state index is -3.49. The van der Waals surface area contributed by atoms with E-state index in [0.717, 1.165) is 18.4 Å². The molecule has 7 nitrogen and oxygen atoms in total. The quantitative estimate of drug-likeness (QED) is 0.758. The summed E-state index contributed by atoms with van der Waals surface area (Å²) in [6.07, 6.45) is 5.87. The van der Waals surface area contributed by atoms with E-state index in [2.05, 4.69) is 5.32 Å². The van der Waals surface area contributed by atoms with Crippen LogP contribution in [0.1, 0.15) is 37.7 Å². The molecule has 0 spiro atoms. The number of nitrogens with one attached hydrogen (secondary N) is 1. The first-order valence-corrected chi connectivity index (χ1v) is 11.0. The van der Waals surface area contributed by atoms with Gasteiger partial charge in [0.15, 0.2) is 0 Å². The molecule has 1 N–H and O–H groups in total. The maximum absolute atomic E-state index is 12.6. The fourth-order valence-corrected chi connectivity index (χ4v) is 4.80. The summed E-state index contributed by atoms with van der Waals surface area (Å²) in [5.41, 5.74) is 0.849. The van der Waals surface area contributed by atoms with E-state index in [1.54, 1.807) is 24.3 Å². The fraction of sp³-hybridized carbons (Fsp3) is 0.632. The van der Waals surface area contributed by atoms with Gasteiger partial charge in [0, 0.05) is 19.6 Å². The second-order valence-corrected chi connectivity index (χ2v) is 8.95. The van der Waals surface area contributed by atoms with Gasteiger partial charge in [-0.15, -0.1) is 0 Å². The number of hydrogen-bond donors (Lipinski definition) is 1. The van der Waals surface area contributed by atoms with Gasteiger partial charge in [0.1, 0.15) is 6.61 Å². The van der Waals surface area contributed by atoms with Crippen LogP contribution in [0.25, 0.3) is 0 Å². The average molecular weight is 397 g/mol. The summed E-state index contributed by atoms with van der Waals surface area (Å²) in [5, 5.41) is 2.82. The summed E-state index contributed by atoms with van der Waals surface area (Å²) < 4.78 is 37.5. The Morgan fingerprint density at radius 3 is 2.44 bits per heavy atom. The van der Waals surface area contributed by atoms with Gasteiger partial charge in [0.05, 0.1) is 24.2 Å². The standard InChI is InChI=1S/C19H28N2O5S/c22-19(15-26-17-4-2-1-3-5-17)20-14-16-6-8-18(9-7-16)27(23,24)21-10-12-25-13-11-21/h6-9,17H,1-5,10-15H2,(H,20,22). The van der Waals surface area contributed by atoms with Crippen LogP contribution in [-0.2, 0) is 30.8 Å². The lowest BCUT2D eigenvalue weighted by atomic mass is 9.98. The predicted octanol–water partition coefficient (Wildman–Crippen LogP) is 1.67. The Morgan fingerprint density at radius 2 is 1.78 bits per heavy atom. The second-order valence-electron chi connectivity index (χ2n) is 7.01. The summed E-state index contributed by atoms with van der Waals surface area (Å²) >= 11 is 0. The van der Waals surface area contributed by atoms with E-state index in [0.29, 0.717) is 32.8 Å². The van der Waals surface area contributed by atoms with Crippen LogP contribution in [0.2, 0.25) is 0 Å². The Morgan fingerprint density at radius 1 is 1.11 bits per heavy atom. The number of hydrogen-bond acceptors (Lipinski definition) is 5. The molecule has 2 fully saturated rings. The van der Waals surface area contributed by atoms with Gasteiger partial charge in [-0.2, -0.15) is 4.31 Å². The molecule has 0 radical (unpaired) electrons. The molecule has 27 heavy (non-hydrogen) atoms. The van der Waals surface area contributed by atoms with Gasteiger partial charge in [-0.3, -0.25) is 4.79 Å². The van der Waals surface area contributed by atoms with Gasteiger partial charge in [-0.25, -0.2) is 8.42 Å². The molecule has 0 aromatic heterocycles. The first-order valence-electron chi connectivity index (χ1n) is 9.61. The van der Waals surface area contributed by atoms with Crippen LogP contribution in [-0.4, -0.2) is 57.6 Å². The van der Waals surface area contributed by atoms with Crippen molar-refractivity contribution in [3.05, 3.63) is 29.8 Å². The molecule has 0 atom stereocenters. The number of carbonyl (C=O) groups excluding carboxylic acids is 1. The third kappa shape index (κ3) is 5.75. The molecule has 8 heteroatoms. The number of nitrogens with zero attached hydrogens (tertiary/aromatic N) is 1. The summed E-state index contributed by atoms with van der Waals surface area (Å²) in [6.45, 7) is 2.03. The number of ether oxygens (including phenoxy) is 2. The minimum Gasteiger partial charge on any atom is -0.379 e. The topological polar surface area (TPSA) is 84.9 Å². The third-order valence-electron chi connectivity index (χ3n) is 5.02. The highest BCUT2D eigenvalue weighted by Crippen LogP contribution is 2.20. The predicted molar refractivity (Wildman–Crippen MR) is 101 cm³/mol. The van der Waals surface area contributed by atoms with Gasteiger partial charge in [0.25, 0.3) is 0 Å². The van der Waals surface area contributed by atoms with E-state index in [-0.39, 0.29) is 23.5 Å². The Balaban J connectivity index is 1.46. The summed E-state index contributed by atoms with van der Waals surface area (Å²) in [5.74, 6) is -0.148. The zero-order valence-corrected chi connectivity index (χ0v) is 16.4. The van der Waals surface area contributed by atoms with Crippen molar-refractivity contribution < 1.29 is 22.7 Å². The zero-order chi connectivity index (χ0) is 19.1. The summed E-state index contributed by atoms with van der Waals surface area (Å²) in [6, 6.07) is 6.64. The van der Waals surface area contributed by atoms with Crippen LogP contribution in [0.15, 0.2) is 29.2 Å². The van der Waals surface area contributed by atoms with Crippen molar-refractivity contribution in [2.24, 2.45) is 0 Å². The smallest absolute Gasteiger partial charge is 0.246 e.